The van der Waals surface area contributed by atoms with E-state index in [0.29, 0.717) is 6.61 Å². The fraction of sp³-hybridized carbons (Fsp3) is 0.294. The monoisotopic (exact) mass is 333 g/mol. The molecule has 2 N–H and O–H groups in total. The van der Waals surface area contributed by atoms with Crippen molar-refractivity contribution in [2.24, 2.45) is 0 Å². The van der Waals surface area contributed by atoms with Crippen LogP contribution in [0.3, 0.4) is 0 Å². The van der Waals surface area contributed by atoms with Crippen LogP contribution in [0.4, 0.5) is 5.69 Å². The normalized spacial score (nSPS) is 11.4. The van der Waals surface area contributed by atoms with Crippen LogP contribution in [0, 0.1) is 0 Å². The molecule has 0 aliphatic carbocycles. The largest absolute Gasteiger partial charge is 0.489 e. The molecule has 0 amide bonds. The van der Waals surface area contributed by atoms with Crippen LogP contribution in [-0.2, 0) is 12.0 Å². The molecule has 106 valence electrons. The number of para-hydroxylation sites is 1. The van der Waals surface area contributed by atoms with E-state index in [1.807, 2.05) is 36.4 Å². The average molecular weight is 334 g/mol. The Hall–Kier alpha value is -1.48. The van der Waals surface area contributed by atoms with Crippen LogP contribution in [-0.4, -0.2) is 0 Å². The van der Waals surface area contributed by atoms with E-state index in [9.17, 15) is 0 Å². The fourth-order valence-electron chi connectivity index (χ4n) is 2.06. The standard InChI is InChI=1S/C17H20BrNO/c1-17(2,3)13-6-4-5-7-16(13)20-11-12-8-9-14(18)15(19)10-12/h4-10H,11,19H2,1-3H3. The Bertz CT molecular complexity index is 602. The van der Waals surface area contributed by atoms with Gasteiger partial charge in [0, 0.05) is 10.2 Å². The van der Waals surface area contributed by atoms with Crippen molar-refractivity contribution in [3.8, 4) is 5.75 Å². The molecule has 3 heteroatoms. The van der Waals surface area contributed by atoms with Crippen LogP contribution < -0.4 is 10.5 Å². The molecule has 0 saturated carbocycles. The summed E-state index contributed by atoms with van der Waals surface area (Å²) in [4.78, 5) is 0. The average Bonchev–Trinajstić information content (AvgIpc) is 2.39. The lowest BCUT2D eigenvalue weighted by Gasteiger charge is -2.22. The molecule has 0 aliphatic heterocycles. The van der Waals surface area contributed by atoms with Gasteiger partial charge in [-0.3, -0.25) is 0 Å². The lowest BCUT2D eigenvalue weighted by Crippen LogP contribution is -2.13. The molecule has 0 bridgehead atoms. The van der Waals surface area contributed by atoms with Gasteiger partial charge in [0.15, 0.2) is 0 Å². The number of hydrogen-bond donors (Lipinski definition) is 1. The summed E-state index contributed by atoms with van der Waals surface area (Å²) in [6, 6.07) is 14.1. The van der Waals surface area contributed by atoms with E-state index in [1.54, 1.807) is 0 Å². The van der Waals surface area contributed by atoms with Gasteiger partial charge >= 0.3 is 0 Å². The molecule has 0 saturated heterocycles. The van der Waals surface area contributed by atoms with Gasteiger partial charge in [0.25, 0.3) is 0 Å². The summed E-state index contributed by atoms with van der Waals surface area (Å²) in [6.45, 7) is 7.08. The zero-order valence-electron chi connectivity index (χ0n) is 12.1. The Kier molecular flexibility index (Phi) is 4.39. The minimum Gasteiger partial charge on any atom is -0.489 e. The Labute approximate surface area is 129 Å². The lowest BCUT2D eigenvalue weighted by atomic mass is 9.86. The van der Waals surface area contributed by atoms with Crippen LogP contribution in [0.15, 0.2) is 46.9 Å². The molecule has 0 aliphatic rings. The van der Waals surface area contributed by atoms with Crippen LogP contribution in [0.2, 0.25) is 0 Å². The van der Waals surface area contributed by atoms with Gasteiger partial charge in [-0.1, -0.05) is 45.0 Å². The predicted octanol–water partition coefficient (Wildman–Crippen LogP) is 4.91. The first-order chi connectivity index (χ1) is 9.38. The predicted molar refractivity (Wildman–Crippen MR) is 88.0 cm³/mol. The van der Waals surface area contributed by atoms with Gasteiger partial charge in [0.05, 0.1) is 0 Å². The van der Waals surface area contributed by atoms with E-state index < -0.39 is 0 Å². The number of rotatable bonds is 3. The molecule has 2 rings (SSSR count). The van der Waals surface area contributed by atoms with Gasteiger partial charge in [-0.05, 0) is 50.7 Å². The minimum atomic E-state index is 0.0648. The number of anilines is 1. The van der Waals surface area contributed by atoms with Gasteiger partial charge < -0.3 is 10.5 Å². The lowest BCUT2D eigenvalue weighted by molar-refractivity contribution is 0.297. The molecule has 0 spiro atoms. The highest BCUT2D eigenvalue weighted by molar-refractivity contribution is 9.10. The van der Waals surface area contributed by atoms with E-state index in [-0.39, 0.29) is 5.41 Å². The highest BCUT2D eigenvalue weighted by Crippen LogP contribution is 2.31. The minimum absolute atomic E-state index is 0.0648. The van der Waals surface area contributed by atoms with Crippen molar-refractivity contribution in [1.29, 1.82) is 0 Å². The van der Waals surface area contributed by atoms with Crippen molar-refractivity contribution in [3.63, 3.8) is 0 Å². The molecule has 2 aromatic rings. The number of nitrogen functional groups attached to an aromatic ring is 1. The maximum Gasteiger partial charge on any atom is 0.123 e. The van der Waals surface area contributed by atoms with Gasteiger partial charge in [0.1, 0.15) is 12.4 Å². The summed E-state index contributed by atoms with van der Waals surface area (Å²) in [5.74, 6) is 0.932. The summed E-state index contributed by atoms with van der Waals surface area (Å²) < 4.78 is 6.89. The first-order valence-corrected chi connectivity index (χ1v) is 7.43. The number of ether oxygens (including phenoxy) is 1. The van der Waals surface area contributed by atoms with Crippen molar-refractivity contribution >= 4 is 21.6 Å². The fourth-order valence-corrected chi connectivity index (χ4v) is 2.30. The van der Waals surface area contributed by atoms with Crippen molar-refractivity contribution < 1.29 is 4.74 Å². The van der Waals surface area contributed by atoms with E-state index in [1.165, 1.54) is 5.56 Å². The maximum atomic E-state index is 5.97. The first kappa shape index (κ1) is 14.9. The van der Waals surface area contributed by atoms with E-state index in [0.717, 1.165) is 21.5 Å². The molecule has 2 aromatic carbocycles. The second kappa shape index (κ2) is 5.88. The van der Waals surface area contributed by atoms with E-state index in [2.05, 4.69) is 42.8 Å². The van der Waals surface area contributed by atoms with Gasteiger partial charge in [0.2, 0.25) is 0 Å². The number of halogens is 1. The van der Waals surface area contributed by atoms with Crippen LogP contribution >= 0.6 is 15.9 Å². The Balaban J connectivity index is 2.17. The molecule has 2 nitrogen and oxygen atoms in total. The Morgan fingerprint density at radius 3 is 2.45 bits per heavy atom. The maximum absolute atomic E-state index is 5.97. The third-order valence-electron chi connectivity index (χ3n) is 3.15. The van der Waals surface area contributed by atoms with Crippen molar-refractivity contribution in [3.05, 3.63) is 58.1 Å². The molecular weight excluding hydrogens is 314 g/mol. The molecule has 0 unspecified atom stereocenters. The second-order valence-corrected chi connectivity index (χ2v) is 6.75. The van der Waals surface area contributed by atoms with Crippen molar-refractivity contribution in [2.75, 3.05) is 5.73 Å². The second-order valence-electron chi connectivity index (χ2n) is 5.89. The molecule has 0 atom stereocenters. The summed E-state index contributed by atoms with van der Waals surface area (Å²) >= 11 is 3.40. The molecule has 0 radical (unpaired) electrons. The SMILES string of the molecule is CC(C)(C)c1ccccc1OCc1ccc(Br)c(N)c1. The van der Waals surface area contributed by atoms with Crippen LogP contribution in [0.5, 0.6) is 5.75 Å². The summed E-state index contributed by atoms with van der Waals surface area (Å²) in [5, 5.41) is 0. The van der Waals surface area contributed by atoms with Crippen LogP contribution in [0.25, 0.3) is 0 Å². The number of hydrogen-bond acceptors (Lipinski definition) is 2. The molecule has 0 heterocycles. The summed E-state index contributed by atoms with van der Waals surface area (Å²) in [5.41, 5.74) is 8.96. The highest BCUT2D eigenvalue weighted by Gasteiger charge is 2.18. The molecule has 0 fully saturated rings. The number of benzene rings is 2. The molecular formula is C17H20BrNO. The van der Waals surface area contributed by atoms with Gasteiger partial charge in [-0.2, -0.15) is 0 Å². The third-order valence-corrected chi connectivity index (χ3v) is 3.87. The van der Waals surface area contributed by atoms with Crippen molar-refractivity contribution in [2.45, 2.75) is 32.8 Å². The molecule has 20 heavy (non-hydrogen) atoms. The summed E-state index contributed by atoms with van der Waals surface area (Å²) in [6.07, 6.45) is 0. The topological polar surface area (TPSA) is 35.2 Å². The molecule has 0 aromatic heterocycles. The highest BCUT2D eigenvalue weighted by atomic mass is 79.9. The summed E-state index contributed by atoms with van der Waals surface area (Å²) in [7, 11) is 0. The van der Waals surface area contributed by atoms with Crippen molar-refractivity contribution in [1.82, 2.24) is 0 Å². The Morgan fingerprint density at radius 1 is 1.10 bits per heavy atom. The van der Waals surface area contributed by atoms with Gasteiger partial charge in [-0.25, -0.2) is 0 Å². The smallest absolute Gasteiger partial charge is 0.123 e. The quantitative estimate of drug-likeness (QED) is 0.810. The zero-order valence-corrected chi connectivity index (χ0v) is 13.7. The third kappa shape index (κ3) is 3.54. The van der Waals surface area contributed by atoms with E-state index >= 15 is 0 Å². The zero-order chi connectivity index (χ0) is 14.8. The Morgan fingerprint density at radius 2 is 1.80 bits per heavy atom. The van der Waals surface area contributed by atoms with Gasteiger partial charge in [-0.15, -0.1) is 0 Å². The van der Waals surface area contributed by atoms with E-state index in [4.69, 9.17) is 10.5 Å². The van der Waals surface area contributed by atoms with Crippen LogP contribution in [0.1, 0.15) is 31.9 Å². The first-order valence-electron chi connectivity index (χ1n) is 6.64. The number of nitrogens with two attached hydrogens (primary N) is 1.